The number of aliphatic hydroxyl groups is 1. The third-order valence-corrected chi connectivity index (χ3v) is 16.5. The Morgan fingerprint density at radius 1 is 0.722 bits per heavy atom. The first-order valence-corrected chi connectivity index (χ1v) is 22.5. The minimum absolute atomic E-state index is 0.0695. The highest BCUT2D eigenvalue weighted by atomic mass is 32.2. The summed E-state index contributed by atoms with van der Waals surface area (Å²) < 4.78 is 33.9. The fourth-order valence-electron chi connectivity index (χ4n) is 6.70. The molecule has 1 saturated heterocycles. The van der Waals surface area contributed by atoms with Gasteiger partial charge in [0.1, 0.15) is 40.7 Å². The molecule has 1 N–H and O–H groups in total. The van der Waals surface area contributed by atoms with Crippen molar-refractivity contribution in [1.29, 1.82) is 0 Å². The zero-order valence-corrected chi connectivity index (χ0v) is 34.3. The Morgan fingerprint density at radius 2 is 1.20 bits per heavy atom. The van der Waals surface area contributed by atoms with Crippen LogP contribution in [0.5, 0.6) is 5.75 Å². The lowest BCUT2D eigenvalue weighted by atomic mass is 9.79. The average Bonchev–Trinajstić information content (AvgIpc) is 3.18. The molecule has 5 aromatic rings. The van der Waals surface area contributed by atoms with E-state index in [1.54, 1.807) is 18.9 Å². The van der Waals surface area contributed by atoms with Crippen LogP contribution < -0.4 is 4.74 Å². The Morgan fingerprint density at radius 3 is 1.67 bits per heavy atom. The summed E-state index contributed by atoms with van der Waals surface area (Å²) in [6, 6.07) is 48.9. The Labute approximate surface area is 326 Å². The molecule has 6 rings (SSSR count). The predicted octanol–water partition coefficient (Wildman–Crippen LogP) is 10.2. The predicted molar refractivity (Wildman–Crippen MR) is 220 cm³/mol. The van der Waals surface area contributed by atoms with Crippen molar-refractivity contribution in [2.75, 3.05) is 13.7 Å². The van der Waals surface area contributed by atoms with Crippen LogP contribution >= 0.6 is 11.8 Å². The van der Waals surface area contributed by atoms with Gasteiger partial charge in [-0.25, -0.2) is 0 Å². The van der Waals surface area contributed by atoms with Gasteiger partial charge in [-0.3, -0.25) is 0 Å². The van der Waals surface area contributed by atoms with Crippen molar-refractivity contribution < 1.29 is 28.5 Å². The standard InChI is InChI=1S/C46H54O6SSi/c1-44(2,3)54(6,7)52-42-41(49-32-34-28-30-38(48-5)31-29-34)43(53-39-26-18-11-19-27-39)51-40(45(42,4)47)33-50-46(35-20-12-8-13-21-35,36-22-14-9-15-23-36)37-24-16-10-17-25-37/h8-31,40-43,47H,32-33H2,1-7H3/t40-,41-,42-,43+,45+/m1/s1. The molecule has 284 valence electrons. The lowest BCUT2D eigenvalue weighted by Gasteiger charge is -2.53. The number of hydrogen-bond acceptors (Lipinski definition) is 7. The summed E-state index contributed by atoms with van der Waals surface area (Å²) >= 11 is 1.58. The van der Waals surface area contributed by atoms with Crippen molar-refractivity contribution in [1.82, 2.24) is 0 Å². The quantitative estimate of drug-likeness (QED) is 0.0893. The van der Waals surface area contributed by atoms with Crippen LogP contribution in [-0.2, 0) is 30.8 Å². The maximum absolute atomic E-state index is 12.9. The molecule has 5 aromatic carbocycles. The van der Waals surface area contributed by atoms with E-state index in [1.165, 1.54) is 0 Å². The highest BCUT2D eigenvalue weighted by Crippen LogP contribution is 2.47. The maximum Gasteiger partial charge on any atom is 0.192 e. The molecule has 8 heteroatoms. The van der Waals surface area contributed by atoms with Crippen LogP contribution in [-0.4, -0.2) is 56.5 Å². The van der Waals surface area contributed by atoms with Gasteiger partial charge in [0.25, 0.3) is 0 Å². The molecule has 0 spiro atoms. The van der Waals surface area contributed by atoms with Gasteiger partial charge >= 0.3 is 0 Å². The zero-order valence-electron chi connectivity index (χ0n) is 32.5. The molecule has 1 aliphatic heterocycles. The number of rotatable bonds is 14. The van der Waals surface area contributed by atoms with Crippen molar-refractivity contribution in [2.24, 2.45) is 0 Å². The van der Waals surface area contributed by atoms with Crippen LogP contribution in [0.3, 0.4) is 0 Å². The Bertz CT molecular complexity index is 1790. The summed E-state index contributed by atoms with van der Waals surface area (Å²) in [5, 5.41) is 12.8. The van der Waals surface area contributed by atoms with E-state index in [4.69, 9.17) is 23.4 Å². The van der Waals surface area contributed by atoms with Gasteiger partial charge in [-0.15, -0.1) is 0 Å². The number of hydrogen-bond donors (Lipinski definition) is 1. The normalized spacial score (nSPS) is 22.1. The van der Waals surface area contributed by atoms with E-state index in [9.17, 15) is 5.11 Å². The Balaban J connectivity index is 1.43. The van der Waals surface area contributed by atoms with E-state index in [2.05, 4.69) is 82.4 Å². The number of methoxy groups -OCH3 is 1. The first-order chi connectivity index (χ1) is 25.8. The van der Waals surface area contributed by atoms with Gasteiger partial charge in [0.2, 0.25) is 0 Å². The van der Waals surface area contributed by atoms with Gasteiger partial charge < -0.3 is 28.5 Å². The van der Waals surface area contributed by atoms with Crippen molar-refractivity contribution in [3.63, 3.8) is 0 Å². The lowest BCUT2D eigenvalue weighted by molar-refractivity contribution is -0.264. The van der Waals surface area contributed by atoms with Crippen molar-refractivity contribution in [3.05, 3.63) is 168 Å². The van der Waals surface area contributed by atoms with Gasteiger partial charge in [-0.2, -0.15) is 0 Å². The van der Waals surface area contributed by atoms with Crippen molar-refractivity contribution in [3.8, 4) is 5.75 Å². The minimum Gasteiger partial charge on any atom is -0.497 e. The second kappa shape index (κ2) is 17.0. The molecule has 5 atom stereocenters. The van der Waals surface area contributed by atoms with E-state index >= 15 is 0 Å². The molecule has 54 heavy (non-hydrogen) atoms. The summed E-state index contributed by atoms with van der Waals surface area (Å²) in [7, 11) is -0.817. The average molecular weight is 763 g/mol. The van der Waals surface area contributed by atoms with Crippen molar-refractivity contribution in [2.45, 2.75) is 92.3 Å². The van der Waals surface area contributed by atoms with Crippen LogP contribution in [0.1, 0.15) is 49.9 Å². The molecule has 1 fully saturated rings. The summed E-state index contributed by atoms with van der Waals surface area (Å²) in [6.45, 7) is 13.3. The van der Waals surface area contributed by atoms with E-state index in [-0.39, 0.29) is 11.6 Å². The summed E-state index contributed by atoms with van der Waals surface area (Å²) in [5.74, 6) is 0.778. The molecular formula is C46H54O6SSi. The fraction of sp³-hybridized carbons (Fsp3) is 0.348. The molecule has 1 aliphatic rings. The smallest absolute Gasteiger partial charge is 0.192 e. The minimum atomic E-state index is -2.47. The van der Waals surface area contributed by atoms with Crippen LogP contribution in [0, 0.1) is 0 Å². The molecule has 1 heterocycles. The molecule has 0 aliphatic carbocycles. The highest BCUT2D eigenvalue weighted by Gasteiger charge is 2.57. The summed E-state index contributed by atoms with van der Waals surface area (Å²) in [4.78, 5) is 1.03. The number of thioether (sulfide) groups is 1. The SMILES string of the molecule is COc1ccc(CO[C@@H]2[C@@H](O[Si](C)(C)C(C)(C)C)[C@@](C)(O)[C@@H](COC(c3ccccc3)(c3ccccc3)c3ccccc3)O[C@H]2Sc2ccccc2)cc1. The molecule has 0 saturated carbocycles. The van der Waals surface area contributed by atoms with Gasteiger partial charge in [0.15, 0.2) is 8.32 Å². The summed E-state index contributed by atoms with van der Waals surface area (Å²) in [6.07, 6.45) is -2.15. The second-order valence-electron chi connectivity index (χ2n) is 15.7. The topological polar surface area (TPSA) is 66.4 Å². The molecular weight excluding hydrogens is 709 g/mol. The van der Waals surface area contributed by atoms with E-state index in [0.717, 1.165) is 32.9 Å². The first-order valence-electron chi connectivity index (χ1n) is 18.7. The van der Waals surface area contributed by atoms with Crippen LogP contribution in [0.4, 0.5) is 0 Å². The summed E-state index contributed by atoms with van der Waals surface area (Å²) in [5.41, 5.74) is 0.864. The van der Waals surface area contributed by atoms with Gasteiger partial charge in [-0.1, -0.05) is 154 Å². The van der Waals surface area contributed by atoms with Crippen molar-refractivity contribution >= 4 is 20.1 Å². The van der Waals surface area contributed by atoms with Crippen LogP contribution in [0.25, 0.3) is 0 Å². The molecule has 0 amide bonds. The van der Waals surface area contributed by atoms with E-state index in [1.807, 2.05) is 104 Å². The number of ether oxygens (including phenoxy) is 4. The second-order valence-corrected chi connectivity index (χ2v) is 21.6. The fourth-order valence-corrected chi connectivity index (χ4v) is 9.19. The van der Waals surface area contributed by atoms with Gasteiger partial charge in [0, 0.05) is 4.90 Å². The van der Waals surface area contributed by atoms with E-state index in [0.29, 0.717) is 6.61 Å². The lowest BCUT2D eigenvalue weighted by Crippen LogP contribution is -2.68. The largest absolute Gasteiger partial charge is 0.497 e. The number of benzene rings is 5. The van der Waals surface area contributed by atoms with E-state index < -0.39 is 43.3 Å². The molecule has 0 radical (unpaired) electrons. The third-order valence-electron chi connectivity index (χ3n) is 10.9. The van der Waals surface area contributed by atoms with Crippen LogP contribution in [0.15, 0.2) is 150 Å². The molecule has 0 aromatic heterocycles. The van der Waals surface area contributed by atoms with Gasteiger partial charge in [0.05, 0.1) is 20.3 Å². The monoisotopic (exact) mass is 762 g/mol. The zero-order chi connectivity index (χ0) is 38.4. The van der Waals surface area contributed by atoms with Gasteiger partial charge in [-0.05, 0) is 71.6 Å². The first kappa shape index (κ1) is 39.9. The maximum atomic E-state index is 12.9. The Kier molecular flexibility index (Phi) is 12.5. The Hall–Kier alpha value is -3.73. The molecule has 0 bridgehead atoms. The third kappa shape index (κ3) is 8.71. The van der Waals surface area contributed by atoms with Crippen LogP contribution in [0.2, 0.25) is 18.1 Å². The molecule has 0 unspecified atom stereocenters. The highest BCUT2D eigenvalue weighted by molar-refractivity contribution is 7.99. The molecule has 6 nitrogen and oxygen atoms in total.